The summed E-state index contributed by atoms with van der Waals surface area (Å²) in [7, 11) is 0. The number of hydrogen-bond acceptors (Lipinski definition) is 3. The lowest BCUT2D eigenvalue weighted by Gasteiger charge is -2.21. The Hall–Kier alpha value is -2.16. The second-order valence-electron chi connectivity index (χ2n) is 4.34. The van der Waals surface area contributed by atoms with Gasteiger partial charge < -0.3 is 15.3 Å². The first-order valence-corrected chi connectivity index (χ1v) is 5.52. The maximum Gasteiger partial charge on any atom is 0.127 e. The molecule has 3 nitrogen and oxygen atoms in total. The summed E-state index contributed by atoms with van der Waals surface area (Å²) in [6, 6.07) is 8.18. The minimum atomic E-state index is 0.0866. The van der Waals surface area contributed by atoms with Gasteiger partial charge in [-0.25, -0.2) is 0 Å². The van der Waals surface area contributed by atoms with Crippen molar-refractivity contribution < 1.29 is 15.3 Å². The van der Waals surface area contributed by atoms with E-state index in [1.807, 2.05) is 0 Å². The van der Waals surface area contributed by atoms with Crippen LogP contribution in [0.2, 0.25) is 0 Å². The van der Waals surface area contributed by atoms with E-state index in [4.69, 9.17) is 0 Å². The quantitative estimate of drug-likeness (QED) is 0.649. The van der Waals surface area contributed by atoms with E-state index in [0.29, 0.717) is 0 Å². The van der Waals surface area contributed by atoms with E-state index in [1.54, 1.807) is 24.3 Å². The maximum atomic E-state index is 9.93. The minimum absolute atomic E-state index is 0.0866. The average Bonchev–Trinajstić information content (AvgIpc) is 2.28. The molecule has 0 heterocycles. The Kier molecular flexibility index (Phi) is 2.01. The zero-order valence-electron chi connectivity index (χ0n) is 9.14. The second kappa shape index (κ2) is 3.42. The van der Waals surface area contributed by atoms with Crippen molar-refractivity contribution in [2.24, 2.45) is 0 Å². The van der Waals surface area contributed by atoms with Crippen molar-refractivity contribution in [1.82, 2.24) is 0 Å². The van der Waals surface area contributed by atoms with Crippen LogP contribution in [0.1, 0.15) is 11.1 Å². The molecule has 86 valence electrons. The number of phenolic OH excluding ortho intramolecular Hbond substituents is 3. The van der Waals surface area contributed by atoms with E-state index in [-0.39, 0.29) is 17.2 Å². The number of rotatable bonds is 0. The van der Waals surface area contributed by atoms with Crippen LogP contribution in [0.25, 0.3) is 11.1 Å². The summed E-state index contributed by atoms with van der Waals surface area (Å²) in [5.41, 5.74) is 3.67. The van der Waals surface area contributed by atoms with Gasteiger partial charge in [0.2, 0.25) is 0 Å². The molecule has 0 saturated carbocycles. The number of aromatic hydroxyl groups is 3. The topological polar surface area (TPSA) is 60.7 Å². The number of fused-ring (bicyclic) bond motifs is 3. The maximum absolute atomic E-state index is 9.93. The Morgan fingerprint density at radius 3 is 2.29 bits per heavy atom. The number of phenols is 3. The van der Waals surface area contributed by atoms with Gasteiger partial charge in [-0.15, -0.1) is 0 Å². The van der Waals surface area contributed by atoms with Crippen molar-refractivity contribution in [3.63, 3.8) is 0 Å². The van der Waals surface area contributed by atoms with Crippen molar-refractivity contribution in [2.75, 3.05) is 0 Å². The first kappa shape index (κ1) is 10.0. The minimum Gasteiger partial charge on any atom is -0.508 e. The van der Waals surface area contributed by atoms with Crippen LogP contribution in [0.4, 0.5) is 0 Å². The number of hydrogen-bond donors (Lipinski definition) is 3. The molecule has 3 heteroatoms. The zero-order chi connectivity index (χ0) is 12.0. The number of benzene rings is 2. The van der Waals surface area contributed by atoms with Crippen molar-refractivity contribution >= 4 is 0 Å². The molecule has 3 rings (SSSR count). The Labute approximate surface area is 98.6 Å². The van der Waals surface area contributed by atoms with Crippen molar-refractivity contribution in [3.05, 3.63) is 41.5 Å². The van der Waals surface area contributed by atoms with E-state index >= 15 is 0 Å². The van der Waals surface area contributed by atoms with E-state index in [2.05, 4.69) is 0 Å². The van der Waals surface area contributed by atoms with E-state index in [1.165, 1.54) is 6.07 Å². The van der Waals surface area contributed by atoms with Gasteiger partial charge in [0.05, 0.1) is 0 Å². The van der Waals surface area contributed by atoms with Gasteiger partial charge in [-0.1, -0.05) is 6.07 Å². The Bertz CT molecular complexity index is 603. The highest BCUT2D eigenvalue weighted by molar-refractivity contribution is 5.79. The molecule has 0 bridgehead atoms. The molecule has 0 amide bonds. The summed E-state index contributed by atoms with van der Waals surface area (Å²) in [4.78, 5) is 0. The van der Waals surface area contributed by atoms with Gasteiger partial charge >= 0.3 is 0 Å². The molecule has 17 heavy (non-hydrogen) atoms. The lowest BCUT2D eigenvalue weighted by Crippen LogP contribution is -2.03. The smallest absolute Gasteiger partial charge is 0.127 e. The highest BCUT2D eigenvalue weighted by Crippen LogP contribution is 2.42. The van der Waals surface area contributed by atoms with Crippen molar-refractivity contribution in [2.45, 2.75) is 12.8 Å². The summed E-state index contributed by atoms with van der Waals surface area (Å²) in [5, 5.41) is 28.8. The Balaban J connectivity index is 2.29. The molecule has 0 aliphatic heterocycles. The third-order valence-corrected chi connectivity index (χ3v) is 3.21. The van der Waals surface area contributed by atoms with Crippen LogP contribution < -0.4 is 0 Å². The fourth-order valence-corrected chi connectivity index (χ4v) is 2.48. The lowest BCUT2D eigenvalue weighted by atomic mass is 9.85. The second-order valence-corrected chi connectivity index (χ2v) is 4.34. The van der Waals surface area contributed by atoms with Crippen LogP contribution in [-0.4, -0.2) is 15.3 Å². The van der Waals surface area contributed by atoms with Crippen molar-refractivity contribution in [1.29, 1.82) is 0 Å². The summed E-state index contributed by atoms with van der Waals surface area (Å²) >= 11 is 0. The third kappa shape index (κ3) is 1.51. The molecule has 0 saturated heterocycles. The Morgan fingerprint density at radius 2 is 1.47 bits per heavy atom. The molecule has 2 aromatic rings. The first-order chi connectivity index (χ1) is 8.15. The largest absolute Gasteiger partial charge is 0.508 e. The van der Waals surface area contributed by atoms with Gasteiger partial charge in [-0.05, 0) is 47.7 Å². The van der Waals surface area contributed by atoms with Crippen LogP contribution >= 0.6 is 0 Å². The highest BCUT2D eigenvalue weighted by atomic mass is 16.3. The fourth-order valence-electron chi connectivity index (χ4n) is 2.48. The van der Waals surface area contributed by atoms with Crippen LogP contribution in [-0.2, 0) is 12.8 Å². The molecule has 0 aromatic heterocycles. The van der Waals surface area contributed by atoms with Crippen LogP contribution in [0.3, 0.4) is 0 Å². The molecule has 3 N–H and O–H groups in total. The SMILES string of the molecule is Oc1ccc2c(c1)CCc1cc(O)cc(O)c1-2. The molecular weight excluding hydrogens is 216 g/mol. The average molecular weight is 228 g/mol. The molecule has 0 fully saturated rings. The molecule has 1 aliphatic carbocycles. The van der Waals surface area contributed by atoms with Gasteiger partial charge in [-0.2, -0.15) is 0 Å². The fraction of sp³-hybridized carbons (Fsp3) is 0.143. The molecular formula is C14H12O3. The van der Waals surface area contributed by atoms with Gasteiger partial charge in [0.25, 0.3) is 0 Å². The summed E-state index contributed by atoms with van der Waals surface area (Å²) < 4.78 is 0. The van der Waals surface area contributed by atoms with Crippen LogP contribution in [0, 0.1) is 0 Å². The molecule has 2 aromatic carbocycles. The highest BCUT2D eigenvalue weighted by Gasteiger charge is 2.20. The van der Waals surface area contributed by atoms with Crippen LogP contribution in [0.5, 0.6) is 17.2 Å². The summed E-state index contributed by atoms with van der Waals surface area (Å²) in [6.45, 7) is 0. The van der Waals surface area contributed by atoms with Crippen molar-refractivity contribution in [3.8, 4) is 28.4 Å². The molecule has 0 spiro atoms. The monoisotopic (exact) mass is 228 g/mol. The summed E-state index contributed by atoms with van der Waals surface area (Å²) in [5.74, 6) is 0.417. The molecule has 0 atom stereocenters. The van der Waals surface area contributed by atoms with E-state index in [9.17, 15) is 15.3 Å². The summed E-state index contributed by atoms with van der Waals surface area (Å²) in [6.07, 6.45) is 1.56. The van der Waals surface area contributed by atoms with E-state index in [0.717, 1.165) is 35.1 Å². The Morgan fingerprint density at radius 1 is 0.765 bits per heavy atom. The molecule has 0 unspecified atom stereocenters. The third-order valence-electron chi connectivity index (χ3n) is 3.21. The number of aryl methyl sites for hydroxylation is 2. The predicted octanol–water partition coefficient (Wildman–Crippen LogP) is 2.57. The molecule has 0 radical (unpaired) electrons. The first-order valence-electron chi connectivity index (χ1n) is 5.52. The van der Waals surface area contributed by atoms with Gasteiger partial charge in [-0.3, -0.25) is 0 Å². The standard InChI is InChI=1S/C14H12O3/c15-10-3-4-12-8(5-10)1-2-9-6-11(16)7-13(17)14(9)12/h3-7,15-17H,1-2H2. The van der Waals surface area contributed by atoms with Crippen LogP contribution in [0.15, 0.2) is 30.3 Å². The van der Waals surface area contributed by atoms with Gasteiger partial charge in [0, 0.05) is 11.6 Å². The molecule has 1 aliphatic rings. The normalized spacial score (nSPS) is 12.9. The van der Waals surface area contributed by atoms with Gasteiger partial charge in [0.15, 0.2) is 0 Å². The lowest BCUT2D eigenvalue weighted by molar-refractivity contribution is 0.450. The van der Waals surface area contributed by atoms with E-state index < -0.39 is 0 Å². The van der Waals surface area contributed by atoms with Gasteiger partial charge in [0.1, 0.15) is 17.2 Å². The predicted molar refractivity (Wildman–Crippen MR) is 64.3 cm³/mol. The zero-order valence-corrected chi connectivity index (χ0v) is 9.14.